The Labute approximate surface area is 132 Å². The lowest BCUT2D eigenvalue weighted by Crippen LogP contribution is -2.27. The zero-order chi connectivity index (χ0) is 16.3. The molecular weight excluding hydrogens is 290 g/mol. The lowest BCUT2D eigenvalue weighted by atomic mass is 10.4. The van der Waals surface area contributed by atoms with Crippen LogP contribution in [0.25, 0.3) is 0 Å². The van der Waals surface area contributed by atoms with Crippen molar-refractivity contribution in [2.24, 2.45) is 11.5 Å². The zero-order valence-electron chi connectivity index (χ0n) is 13.4. The summed E-state index contributed by atoms with van der Waals surface area (Å²) in [6.07, 6.45) is 1.15. The van der Waals surface area contributed by atoms with Crippen molar-refractivity contribution >= 4 is 5.91 Å². The van der Waals surface area contributed by atoms with E-state index in [0.29, 0.717) is 78.9 Å². The van der Waals surface area contributed by atoms with Crippen LogP contribution in [0, 0.1) is 0 Å². The van der Waals surface area contributed by atoms with Gasteiger partial charge in [0.1, 0.15) is 0 Å². The van der Waals surface area contributed by atoms with Crippen LogP contribution in [0.3, 0.4) is 0 Å². The molecule has 0 aromatic carbocycles. The van der Waals surface area contributed by atoms with E-state index in [1.54, 1.807) is 0 Å². The van der Waals surface area contributed by atoms with Crippen molar-refractivity contribution in [2.75, 3.05) is 72.5 Å². The SMILES string of the molecule is NCCCNC(=O)CCOCCOCCOCCOCCN. The topological polar surface area (TPSA) is 118 Å². The van der Waals surface area contributed by atoms with Crippen LogP contribution in [0.5, 0.6) is 0 Å². The Bertz CT molecular complexity index is 245. The maximum absolute atomic E-state index is 11.3. The highest BCUT2D eigenvalue weighted by Gasteiger charge is 1.99. The zero-order valence-corrected chi connectivity index (χ0v) is 13.4. The first-order valence-electron chi connectivity index (χ1n) is 7.79. The van der Waals surface area contributed by atoms with E-state index in [2.05, 4.69) is 5.32 Å². The molecular formula is C14H31N3O5. The summed E-state index contributed by atoms with van der Waals surface area (Å²) in [5.74, 6) is -0.0142. The van der Waals surface area contributed by atoms with Crippen LogP contribution in [-0.4, -0.2) is 78.4 Å². The van der Waals surface area contributed by atoms with E-state index in [1.165, 1.54) is 0 Å². The largest absolute Gasteiger partial charge is 0.379 e. The molecule has 132 valence electrons. The molecule has 0 unspecified atom stereocenters. The number of hydrogen-bond donors (Lipinski definition) is 3. The van der Waals surface area contributed by atoms with Gasteiger partial charge < -0.3 is 35.7 Å². The highest BCUT2D eigenvalue weighted by molar-refractivity contribution is 5.75. The Hall–Kier alpha value is -0.770. The maximum Gasteiger partial charge on any atom is 0.222 e. The van der Waals surface area contributed by atoms with E-state index in [9.17, 15) is 4.79 Å². The number of rotatable bonds is 17. The van der Waals surface area contributed by atoms with E-state index in [4.69, 9.17) is 30.4 Å². The van der Waals surface area contributed by atoms with E-state index in [-0.39, 0.29) is 5.91 Å². The molecule has 22 heavy (non-hydrogen) atoms. The van der Waals surface area contributed by atoms with Gasteiger partial charge in [-0.25, -0.2) is 0 Å². The highest BCUT2D eigenvalue weighted by Crippen LogP contribution is 1.86. The first-order valence-corrected chi connectivity index (χ1v) is 7.79. The highest BCUT2D eigenvalue weighted by atomic mass is 16.6. The molecule has 0 aliphatic rings. The summed E-state index contributed by atoms with van der Waals surface area (Å²) >= 11 is 0. The van der Waals surface area contributed by atoms with Crippen molar-refractivity contribution in [2.45, 2.75) is 12.8 Å². The molecule has 0 bridgehead atoms. The van der Waals surface area contributed by atoms with Crippen molar-refractivity contribution in [1.82, 2.24) is 5.32 Å². The van der Waals surface area contributed by atoms with Gasteiger partial charge >= 0.3 is 0 Å². The summed E-state index contributed by atoms with van der Waals surface area (Å²) in [5, 5.41) is 2.76. The van der Waals surface area contributed by atoms with Gasteiger partial charge in [0, 0.05) is 19.5 Å². The second kappa shape index (κ2) is 18.3. The van der Waals surface area contributed by atoms with Gasteiger partial charge in [-0.15, -0.1) is 0 Å². The minimum Gasteiger partial charge on any atom is -0.379 e. The average Bonchev–Trinajstić information content (AvgIpc) is 2.52. The summed E-state index contributed by atoms with van der Waals surface area (Å²) in [4.78, 5) is 11.3. The molecule has 0 saturated heterocycles. The van der Waals surface area contributed by atoms with Crippen molar-refractivity contribution in [3.63, 3.8) is 0 Å². The smallest absolute Gasteiger partial charge is 0.222 e. The van der Waals surface area contributed by atoms with Gasteiger partial charge in [-0.2, -0.15) is 0 Å². The van der Waals surface area contributed by atoms with Crippen LogP contribution in [0.15, 0.2) is 0 Å². The monoisotopic (exact) mass is 321 g/mol. The Morgan fingerprint density at radius 2 is 1.23 bits per heavy atom. The number of carbonyl (C=O) groups is 1. The summed E-state index contributed by atoms with van der Waals surface area (Å²) in [7, 11) is 0. The van der Waals surface area contributed by atoms with Crippen LogP contribution in [0.1, 0.15) is 12.8 Å². The molecule has 0 radical (unpaired) electrons. The summed E-state index contributed by atoms with van der Waals surface area (Å²) in [5.41, 5.74) is 10.6. The second-order valence-corrected chi connectivity index (χ2v) is 4.48. The molecule has 0 spiro atoms. The molecule has 0 aromatic rings. The Balaban J connectivity index is 3.06. The number of nitrogens with one attached hydrogen (secondary N) is 1. The molecule has 0 saturated carbocycles. The average molecular weight is 321 g/mol. The third-order valence-electron chi connectivity index (χ3n) is 2.55. The predicted molar refractivity (Wildman–Crippen MR) is 83.6 cm³/mol. The normalized spacial score (nSPS) is 10.8. The van der Waals surface area contributed by atoms with Crippen LogP contribution in [-0.2, 0) is 23.7 Å². The Morgan fingerprint density at radius 3 is 1.73 bits per heavy atom. The van der Waals surface area contributed by atoms with Crippen LogP contribution >= 0.6 is 0 Å². The van der Waals surface area contributed by atoms with Gasteiger partial charge in [0.15, 0.2) is 0 Å². The van der Waals surface area contributed by atoms with Crippen LogP contribution < -0.4 is 16.8 Å². The van der Waals surface area contributed by atoms with E-state index < -0.39 is 0 Å². The van der Waals surface area contributed by atoms with Gasteiger partial charge in [0.05, 0.1) is 52.9 Å². The van der Waals surface area contributed by atoms with Crippen molar-refractivity contribution < 1.29 is 23.7 Å². The van der Waals surface area contributed by atoms with E-state index >= 15 is 0 Å². The number of ether oxygens (including phenoxy) is 4. The second-order valence-electron chi connectivity index (χ2n) is 4.48. The molecule has 0 atom stereocenters. The fourth-order valence-electron chi connectivity index (χ4n) is 1.43. The first-order chi connectivity index (χ1) is 10.8. The molecule has 5 N–H and O–H groups in total. The Morgan fingerprint density at radius 1 is 0.727 bits per heavy atom. The molecule has 8 nitrogen and oxygen atoms in total. The first kappa shape index (κ1) is 21.2. The summed E-state index contributed by atoms with van der Waals surface area (Å²) in [6.45, 7) is 5.77. The molecule has 8 heteroatoms. The fourth-order valence-corrected chi connectivity index (χ4v) is 1.43. The molecule has 0 fully saturated rings. The lowest BCUT2D eigenvalue weighted by Gasteiger charge is -2.07. The number of amides is 1. The third-order valence-corrected chi connectivity index (χ3v) is 2.55. The molecule has 1 amide bonds. The van der Waals surface area contributed by atoms with Gasteiger partial charge in [-0.1, -0.05) is 0 Å². The summed E-state index contributed by atoms with van der Waals surface area (Å²) < 4.78 is 21.1. The number of nitrogens with two attached hydrogens (primary N) is 2. The molecule has 0 aromatic heterocycles. The number of carbonyl (C=O) groups excluding carboxylic acids is 1. The van der Waals surface area contributed by atoms with Crippen LogP contribution in [0.4, 0.5) is 0 Å². The molecule has 0 aliphatic heterocycles. The summed E-state index contributed by atoms with van der Waals surface area (Å²) in [6, 6.07) is 0. The van der Waals surface area contributed by atoms with E-state index in [0.717, 1.165) is 6.42 Å². The third kappa shape index (κ3) is 17.3. The van der Waals surface area contributed by atoms with Gasteiger partial charge in [0.25, 0.3) is 0 Å². The van der Waals surface area contributed by atoms with Crippen molar-refractivity contribution in [3.05, 3.63) is 0 Å². The molecule has 0 rings (SSSR count). The molecule has 0 aliphatic carbocycles. The van der Waals surface area contributed by atoms with Crippen molar-refractivity contribution in [3.8, 4) is 0 Å². The Kier molecular flexibility index (Phi) is 17.6. The predicted octanol–water partition coefficient (Wildman–Crippen LogP) is -1.13. The number of hydrogen-bond acceptors (Lipinski definition) is 7. The van der Waals surface area contributed by atoms with Gasteiger partial charge in [-0.05, 0) is 13.0 Å². The lowest BCUT2D eigenvalue weighted by molar-refractivity contribution is -0.122. The van der Waals surface area contributed by atoms with Crippen molar-refractivity contribution in [1.29, 1.82) is 0 Å². The van der Waals surface area contributed by atoms with Gasteiger partial charge in [-0.3, -0.25) is 4.79 Å². The minimum absolute atomic E-state index is 0.0142. The quantitative estimate of drug-likeness (QED) is 0.290. The van der Waals surface area contributed by atoms with E-state index in [1.807, 2.05) is 0 Å². The minimum atomic E-state index is -0.0142. The molecule has 0 heterocycles. The van der Waals surface area contributed by atoms with Gasteiger partial charge in [0.2, 0.25) is 5.91 Å². The fraction of sp³-hybridized carbons (Fsp3) is 0.929. The maximum atomic E-state index is 11.3. The standard InChI is InChI=1S/C14H31N3O5/c15-3-1-5-17-14(18)2-6-19-8-10-21-12-13-22-11-9-20-7-4-16/h1-13,15-16H2,(H,17,18). The van der Waals surface area contributed by atoms with Crippen LogP contribution in [0.2, 0.25) is 0 Å².